The molecule has 0 radical (unpaired) electrons. The molecule has 2 nitrogen and oxygen atoms in total. The maximum absolute atomic E-state index is 6.12. The number of aryl methyl sites for hydroxylation is 2. The lowest BCUT2D eigenvalue weighted by molar-refractivity contribution is 0.416. The van der Waals surface area contributed by atoms with E-state index in [9.17, 15) is 0 Å². The fraction of sp³-hybridized carbons (Fsp3) is 0.294. The Morgan fingerprint density at radius 2 is 1.85 bits per heavy atom. The summed E-state index contributed by atoms with van der Waals surface area (Å²) in [6.45, 7) is 4.94. The zero-order chi connectivity index (χ0) is 14.5. The van der Waals surface area contributed by atoms with Crippen LogP contribution in [0.5, 0.6) is 5.75 Å². The van der Waals surface area contributed by atoms with Gasteiger partial charge in [0.25, 0.3) is 0 Å². The molecule has 1 N–H and O–H groups in total. The fourth-order valence-corrected chi connectivity index (χ4v) is 2.39. The van der Waals surface area contributed by atoms with Gasteiger partial charge in [-0.1, -0.05) is 42.8 Å². The molecule has 0 atom stereocenters. The predicted molar refractivity (Wildman–Crippen MR) is 85.9 cm³/mol. The summed E-state index contributed by atoms with van der Waals surface area (Å²) in [4.78, 5) is 0. The van der Waals surface area contributed by atoms with Crippen LogP contribution < -0.4 is 10.1 Å². The average Bonchev–Trinajstić information content (AvgIpc) is 2.48. The van der Waals surface area contributed by atoms with Crippen molar-refractivity contribution in [3.05, 3.63) is 58.1 Å². The largest absolute Gasteiger partial charge is 0.495 e. The van der Waals surface area contributed by atoms with Crippen LogP contribution in [0, 0.1) is 6.92 Å². The third-order valence-electron chi connectivity index (χ3n) is 3.45. The Hall–Kier alpha value is -1.67. The molecule has 0 saturated heterocycles. The van der Waals surface area contributed by atoms with Crippen molar-refractivity contribution in [1.29, 1.82) is 0 Å². The van der Waals surface area contributed by atoms with E-state index in [1.807, 2.05) is 19.1 Å². The standard InChI is InChI=1S/C17H20ClNO/c1-4-13-7-5-6-8-14(13)11-19-16-9-12(2)15(18)10-17(16)20-3/h5-10,19H,4,11H2,1-3H3. The molecule has 0 bridgehead atoms. The highest BCUT2D eigenvalue weighted by molar-refractivity contribution is 6.31. The van der Waals surface area contributed by atoms with Gasteiger partial charge >= 0.3 is 0 Å². The Morgan fingerprint density at radius 3 is 2.50 bits per heavy atom. The first-order chi connectivity index (χ1) is 9.65. The van der Waals surface area contributed by atoms with E-state index in [0.29, 0.717) is 0 Å². The number of ether oxygens (including phenoxy) is 1. The van der Waals surface area contributed by atoms with Crippen molar-refractivity contribution >= 4 is 17.3 Å². The molecular formula is C17H20ClNO. The maximum Gasteiger partial charge on any atom is 0.143 e. The zero-order valence-electron chi connectivity index (χ0n) is 12.2. The van der Waals surface area contributed by atoms with E-state index >= 15 is 0 Å². The molecule has 0 spiro atoms. The minimum Gasteiger partial charge on any atom is -0.495 e. The lowest BCUT2D eigenvalue weighted by Gasteiger charge is -2.14. The minimum absolute atomic E-state index is 0.723. The number of rotatable bonds is 5. The third-order valence-corrected chi connectivity index (χ3v) is 3.86. The van der Waals surface area contributed by atoms with Crippen LogP contribution >= 0.6 is 11.6 Å². The van der Waals surface area contributed by atoms with Crippen LogP contribution in [0.1, 0.15) is 23.6 Å². The van der Waals surface area contributed by atoms with Crippen molar-refractivity contribution in [2.45, 2.75) is 26.8 Å². The van der Waals surface area contributed by atoms with Gasteiger partial charge in [-0.25, -0.2) is 0 Å². The molecular weight excluding hydrogens is 270 g/mol. The first-order valence-electron chi connectivity index (χ1n) is 6.80. The Morgan fingerprint density at radius 1 is 1.15 bits per heavy atom. The summed E-state index contributed by atoms with van der Waals surface area (Å²) in [5.74, 6) is 0.773. The molecule has 106 valence electrons. The lowest BCUT2D eigenvalue weighted by Crippen LogP contribution is -2.04. The zero-order valence-corrected chi connectivity index (χ0v) is 12.9. The summed E-state index contributed by atoms with van der Waals surface area (Å²) < 4.78 is 5.38. The van der Waals surface area contributed by atoms with Crippen molar-refractivity contribution in [2.75, 3.05) is 12.4 Å². The number of methoxy groups -OCH3 is 1. The summed E-state index contributed by atoms with van der Waals surface area (Å²) in [7, 11) is 1.66. The van der Waals surface area contributed by atoms with Gasteiger partial charge in [-0.15, -0.1) is 0 Å². The molecule has 0 aliphatic rings. The maximum atomic E-state index is 6.12. The smallest absolute Gasteiger partial charge is 0.143 e. The number of hydrogen-bond acceptors (Lipinski definition) is 2. The summed E-state index contributed by atoms with van der Waals surface area (Å²) in [6.07, 6.45) is 1.04. The van der Waals surface area contributed by atoms with Crippen LogP contribution in [0.3, 0.4) is 0 Å². The highest BCUT2D eigenvalue weighted by Gasteiger charge is 2.07. The van der Waals surface area contributed by atoms with E-state index in [1.54, 1.807) is 7.11 Å². The van der Waals surface area contributed by atoms with Gasteiger partial charge in [0.2, 0.25) is 0 Å². The van der Waals surface area contributed by atoms with Gasteiger partial charge in [-0.2, -0.15) is 0 Å². The Bertz CT molecular complexity index is 596. The second-order valence-corrected chi connectivity index (χ2v) is 5.18. The highest BCUT2D eigenvalue weighted by Crippen LogP contribution is 2.31. The van der Waals surface area contributed by atoms with Crippen LogP contribution in [0.4, 0.5) is 5.69 Å². The van der Waals surface area contributed by atoms with Crippen LogP contribution in [0.15, 0.2) is 36.4 Å². The summed E-state index contributed by atoms with van der Waals surface area (Å²) >= 11 is 6.12. The summed E-state index contributed by atoms with van der Waals surface area (Å²) in [5, 5.41) is 4.16. The van der Waals surface area contributed by atoms with Gasteiger partial charge in [-0.05, 0) is 36.1 Å². The van der Waals surface area contributed by atoms with E-state index in [4.69, 9.17) is 16.3 Å². The van der Waals surface area contributed by atoms with E-state index < -0.39 is 0 Å². The van der Waals surface area contributed by atoms with Crippen LogP contribution in [-0.4, -0.2) is 7.11 Å². The van der Waals surface area contributed by atoms with Gasteiger partial charge in [0, 0.05) is 17.6 Å². The van der Waals surface area contributed by atoms with Crippen LogP contribution in [-0.2, 0) is 13.0 Å². The van der Waals surface area contributed by atoms with Crippen molar-refractivity contribution < 1.29 is 4.74 Å². The normalized spacial score (nSPS) is 10.4. The molecule has 2 rings (SSSR count). The van der Waals surface area contributed by atoms with Crippen molar-refractivity contribution in [2.24, 2.45) is 0 Å². The average molecular weight is 290 g/mol. The van der Waals surface area contributed by atoms with Crippen LogP contribution in [0.25, 0.3) is 0 Å². The SMILES string of the molecule is CCc1ccccc1CNc1cc(C)c(Cl)cc1OC. The molecule has 0 aromatic heterocycles. The van der Waals surface area contributed by atoms with Crippen molar-refractivity contribution in [3.63, 3.8) is 0 Å². The second-order valence-electron chi connectivity index (χ2n) is 4.78. The Labute approximate surface area is 125 Å². The van der Waals surface area contributed by atoms with Gasteiger partial charge in [0.05, 0.1) is 12.8 Å². The van der Waals surface area contributed by atoms with E-state index in [2.05, 4.69) is 36.5 Å². The van der Waals surface area contributed by atoms with Crippen molar-refractivity contribution in [3.8, 4) is 5.75 Å². The monoisotopic (exact) mass is 289 g/mol. The summed E-state index contributed by atoms with van der Waals surface area (Å²) in [6, 6.07) is 12.3. The second kappa shape index (κ2) is 6.67. The number of nitrogens with one attached hydrogen (secondary N) is 1. The van der Waals surface area contributed by atoms with Gasteiger partial charge in [-0.3, -0.25) is 0 Å². The molecule has 20 heavy (non-hydrogen) atoms. The first-order valence-corrected chi connectivity index (χ1v) is 7.18. The molecule has 0 unspecified atom stereocenters. The quantitative estimate of drug-likeness (QED) is 0.851. The summed E-state index contributed by atoms with van der Waals surface area (Å²) in [5.41, 5.74) is 4.69. The van der Waals surface area contributed by atoms with E-state index in [1.165, 1.54) is 11.1 Å². The molecule has 0 saturated carbocycles. The molecule has 0 aliphatic heterocycles. The number of hydrogen-bond donors (Lipinski definition) is 1. The molecule has 0 amide bonds. The minimum atomic E-state index is 0.723. The molecule has 0 heterocycles. The Kier molecular flexibility index (Phi) is 4.91. The van der Waals surface area contributed by atoms with Gasteiger partial charge < -0.3 is 10.1 Å². The number of anilines is 1. The molecule has 3 heteroatoms. The lowest BCUT2D eigenvalue weighted by atomic mass is 10.1. The first kappa shape index (κ1) is 14.7. The van der Waals surface area contributed by atoms with Crippen molar-refractivity contribution in [1.82, 2.24) is 0 Å². The number of benzene rings is 2. The van der Waals surface area contributed by atoms with E-state index in [0.717, 1.165) is 35.0 Å². The molecule has 2 aromatic carbocycles. The van der Waals surface area contributed by atoms with Gasteiger partial charge in [0.15, 0.2) is 0 Å². The number of halogens is 1. The topological polar surface area (TPSA) is 21.3 Å². The Balaban J connectivity index is 2.20. The molecule has 0 aliphatic carbocycles. The molecule has 2 aromatic rings. The van der Waals surface area contributed by atoms with E-state index in [-0.39, 0.29) is 0 Å². The molecule has 0 fully saturated rings. The van der Waals surface area contributed by atoms with Gasteiger partial charge in [0.1, 0.15) is 5.75 Å². The third kappa shape index (κ3) is 3.26. The highest BCUT2D eigenvalue weighted by atomic mass is 35.5. The predicted octanol–water partition coefficient (Wildman–Crippen LogP) is 4.83. The van der Waals surface area contributed by atoms with Crippen LogP contribution in [0.2, 0.25) is 5.02 Å². The fourth-order valence-electron chi connectivity index (χ4n) is 2.24.